The highest BCUT2D eigenvalue weighted by molar-refractivity contribution is 6.05. The number of carbonyl (C=O) groups excluding carboxylic acids is 2. The van der Waals surface area contributed by atoms with Crippen molar-refractivity contribution in [1.29, 1.82) is 0 Å². The molecule has 0 spiro atoms. The molecule has 0 unspecified atom stereocenters. The van der Waals surface area contributed by atoms with Gasteiger partial charge in [0.05, 0.1) is 36.9 Å². The molecule has 2 amide bonds. The molecule has 1 aliphatic carbocycles. The summed E-state index contributed by atoms with van der Waals surface area (Å²) >= 11 is 0. The zero-order chi connectivity index (χ0) is 22.9. The molecule has 3 heterocycles. The van der Waals surface area contributed by atoms with E-state index in [1.165, 1.54) is 13.2 Å². The van der Waals surface area contributed by atoms with Gasteiger partial charge in [0.15, 0.2) is 11.6 Å². The monoisotopic (exact) mass is 450 g/mol. The Labute approximate surface area is 189 Å². The first-order chi connectivity index (χ1) is 16.1. The molecule has 5 rings (SSSR count). The zero-order valence-corrected chi connectivity index (χ0v) is 18.0. The Morgan fingerprint density at radius 2 is 2.12 bits per heavy atom. The topological polar surface area (TPSA) is 110 Å². The molecule has 1 saturated carbocycles. The summed E-state index contributed by atoms with van der Waals surface area (Å²) in [4.78, 5) is 29.5. The minimum Gasteiger partial charge on any atom is -0.492 e. The van der Waals surface area contributed by atoms with Crippen molar-refractivity contribution in [2.75, 3.05) is 24.3 Å². The number of hydrogen-bond acceptors (Lipinski definition) is 6. The summed E-state index contributed by atoms with van der Waals surface area (Å²) in [6, 6.07) is 6.23. The van der Waals surface area contributed by atoms with Crippen molar-refractivity contribution in [3.63, 3.8) is 0 Å². The second-order valence-corrected chi connectivity index (χ2v) is 8.04. The number of halogens is 1. The van der Waals surface area contributed by atoms with Gasteiger partial charge in [0.2, 0.25) is 5.91 Å². The highest BCUT2D eigenvalue weighted by Crippen LogP contribution is 2.40. The molecule has 2 aliphatic rings. The number of ether oxygens (including phenoxy) is 1. The van der Waals surface area contributed by atoms with Gasteiger partial charge in [-0.3, -0.25) is 19.3 Å². The quantitative estimate of drug-likeness (QED) is 0.532. The summed E-state index contributed by atoms with van der Waals surface area (Å²) in [5.74, 6) is -0.876. The van der Waals surface area contributed by atoms with Crippen LogP contribution in [-0.2, 0) is 11.3 Å². The van der Waals surface area contributed by atoms with Crippen LogP contribution < -0.4 is 20.7 Å². The van der Waals surface area contributed by atoms with Crippen molar-refractivity contribution in [3.05, 3.63) is 48.2 Å². The van der Waals surface area contributed by atoms with Crippen molar-refractivity contribution >= 4 is 28.9 Å². The van der Waals surface area contributed by atoms with Crippen LogP contribution in [0.1, 0.15) is 29.8 Å². The molecule has 0 atom stereocenters. The molecule has 10 heteroatoms. The van der Waals surface area contributed by atoms with E-state index in [-0.39, 0.29) is 23.5 Å². The molecule has 1 aliphatic heterocycles. The number of fused-ring (bicyclic) bond motifs is 1. The SMILES string of the molecule is COc1c(F)cccc1Nc1c(-c2ccncc2NC(=O)C2CCC2)nn2c1C(=O)NCC2. The van der Waals surface area contributed by atoms with Crippen LogP contribution in [0.25, 0.3) is 11.3 Å². The highest BCUT2D eigenvalue weighted by atomic mass is 19.1. The van der Waals surface area contributed by atoms with E-state index in [9.17, 15) is 14.0 Å². The van der Waals surface area contributed by atoms with Crippen LogP contribution in [0.15, 0.2) is 36.7 Å². The van der Waals surface area contributed by atoms with Crippen LogP contribution in [0.2, 0.25) is 0 Å². The van der Waals surface area contributed by atoms with Crippen molar-refractivity contribution in [1.82, 2.24) is 20.1 Å². The number of aromatic nitrogens is 3. The third-order valence-corrected chi connectivity index (χ3v) is 6.02. The molecule has 3 aromatic rings. The van der Waals surface area contributed by atoms with Crippen LogP contribution in [0, 0.1) is 11.7 Å². The maximum absolute atomic E-state index is 14.3. The van der Waals surface area contributed by atoms with Gasteiger partial charge in [0, 0.05) is 24.2 Å². The number of nitrogens with zero attached hydrogens (tertiary/aromatic N) is 3. The van der Waals surface area contributed by atoms with E-state index in [2.05, 4.69) is 26.0 Å². The Morgan fingerprint density at radius 3 is 2.88 bits per heavy atom. The molecule has 1 aromatic carbocycles. The van der Waals surface area contributed by atoms with Crippen molar-refractivity contribution < 1.29 is 18.7 Å². The standard InChI is InChI=1S/C23H23FN6O3/c1-33-21-15(24)6-3-7-16(21)27-19-18(29-30-11-10-26-23(32)20(19)30)14-8-9-25-12-17(14)28-22(31)13-4-2-5-13/h3,6-9,12-13,27H,2,4-5,10-11H2,1H3,(H,26,32)(H,28,31). The Kier molecular flexibility index (Phi) is 5.41. The largest absolute Gasteiger partial charge is 0.492 e. The second kappa shape index (κ2) is 8.53. The van der Waals surface area contributed by atoms with Crippen molar-refractivity contribution in [2.24, 2.45) is 5.92 Å². The number of hydrogen-bond donors (Lipinski definition) is 3. The van der Waals surface area contributed by atoms with E-state index in [1.54, 1.807) is 35.3 Å². The molecular formula is C23H23FN6O3. The summed E-state index contributed by atoms with van der Waals surface area (Å²) in [5, 5.41) is 13.6. The molecule has 170 valence electrons. The molecule has 2 aromatic heterocycles. The van der Waals surface area contributed by atoms with Crippen LogP contribution in [0.4, 0.5) is 21.5 Å². The number of benzene rings is 1. The van der Waals surface area contributed by atoms with E-state index < -0.39 is 5.82 Å². The van der Waals surface area contributed by atoms with Gasteiger partial charge in [-0.15, -0.1) is 0 Å². The Balaban J connectivity index is 1.62. The number of anilines is 3. The van der Waals surface area contributed by atoms with E-state index in [0.29, 0.717) is 47.1 Å². The molecule has 9 nitrogen and oxygen atoms in total. The number of para-hydroxylation sites is 1. The van der Waals surface area contributed by atoms with E-state index in [1.807, 2.05) is 0 Å². The molecular weight excluding hydrogens is 427 g/mol. The number of amides is 2. The van der Waals surface area contributed by atoms with Gasteiger partial charge in [-0.25, -0.2) is 4.39 Å². The van der Waals surface area contributed by atoms with Crippen LogP contribution >= 0.6 is 0 Å². The third kappa shape index (κ3) is 3.77. The number of nitrogens with one attached hydrogen (secondary N) is 3. The molecule has 33 heavy (non-hydrogen) atoms. The lowest BCUT2D eigenvalue weighted by Gasteiger charge is -2.24. The van der Waals surface area contributed by atoms with Crippen LogP contribution in [0.3, 0.4) is 0 Å². The average Bonchev–Trinajstić information content (AvgIpc) is 3.12. The number of rotatable bonds is 6. The maximum atomic E-state index is 14.3. The number of pyridine rings is 1. The normalized spacial score (nSPS) is 15.3. The number of carbonyl (C=O) groups is 2. The van der Waals surface area contributed by atoms with Gasteiger partial charge < -0.3 is 20.7 Å². The van der Waals surface area contributed by atoms with Gasteiger partial charge in [-0.2, -0.15) is 5.10 Å². The number of methoxy groups -OCH3 is 1. The fraction of sp³-hybridized carbons (Fsp3) is 0.304. The molecule has 0 radical (unpaired) electrons. The maximum Gasteiger partial charge on any atom is 0.271 e. The van der Waals surface area contributed by atoms with E-state index in [0.717, 1.165) is 19.3 Å². The van der Waals surface area contributed by atoms with Crippen LogP contribution in [-0.4, -0.2) is 40.2 Å². The predicted molar refractivity (Wildman–Crippen MR) is 120 cm³/mol. The van der Waals surface area contributed by atoms with Crippen LogP contribution in [0.5, 0.6) is 5.75 Å². The fourth-order valence-electron chi connectivity index (χ4n) is 4.08. The lowest BCUT2D eigenvalue weighted by atomic mass is 9.85. The molecule has 0 bridgehead atoms. The summed E-state index contributed by atoms with van der Waals surface area (Å²) in [5.41, 5.74) is 2.60. The smallest absolute Gasteiger partial charge is 0.271 e. The van der Waals surface area contributed by atoms with Gasteiger partial charge in [-0.05, 0) is 31.0 Å². The summed E-state index contributed by atoms with van der Waals surface area (Å²) in [6.07, 6.45) is 5.94. The summed E-state index contributed by atoms with van der Waals surface area (Å²) in [6.45, 7) is 0.919. The lowest BCUT2D eigenvalue weighted by molar-refractivity contribution is -0.122. The first-order valence-corrected chi connectivity index (χ1v) is 10.8. The fourth-order valence-corrected chi connectivity index (χ4v) is 4.08. The first kappa shape index (κ1) is 20.9. The Bertz CT molecular complexity index is 1240. The van der Waals surface area contributed by atoms with Crippen molar-refractivity contribution in [3.8, 4) is 17.0 Å². The average molecular weight is 450 g/mol. The highest BCUT2D eigenvalue weighted by Gasteiger charge is 2.30. The van der Waals surface area contributed by atoms with Gasteiger partial charge in [-0.1, -0.05) is 12.5 Å². The molecule has 1 fully saturated rings. The summed E-state index contributed by atoms with van der Waals surface area (Å²) < 4.78 is 21.2. The van der Waals surface area contributed by atoms with Gasteiger partial charge in [0.1, 0.15) is 11.4 Å². The van der Waals surface area contributed by atoms with E-state index in [4.69, 9.17) is 4.74 Å². The molecule has 0 saturated heterocycles. The minimum absolute atomic E-state index is 0.00631. The lowest BCUT2D eigenvalue weighted by Crippen LogP contribution is -2.35. The van der Waals surface area contributed by atoms with Crippen molar-refractivity contribution in [2.45, 2.75) is 25.8 Å². The van der Waals surface area contributed by atoms with Gasteiger partial charge >= 0.3 is 0 Å². The zero-order valence-electron chi connectivity index (χ0n) is 18.0. The summed E-state index contributed by atoms with van der Waals surface area (Å²) in [7, 11) is 1.38. The minimum atomic E-state index is -0.535. The van der Waals surface area contributed by atoms with Gasteiger partial charge in [0.25, 0.3) is 5.91 Å². The Morgan fingerprint density at radius 1 is 1.27 bits per heavy atom. The molecule has 3 N–H and O–H groups in total. The predicted octanol–water partition coefficient (Wildman–Crippen LogP) is 3.32. The Hall–Kier alpha value is -3.95. The first-order valence-electron chi connectivity index (χ1n) is 10.8. The second-order valence-electron chi connectivity index (χ2n) is 8.04. The third-order valence-electron chi connectivity index (χ3n) is 6.02. The van der Waals surface area contributed by atoms with E-state index >= 15 is 0 Å².